The third kappa shape index (κ3) is 6.10. The van der Waals surface area contributed by atoms with E-state index in [0.29, 0.717) is 6.54 Å². The van der Waals surface area contributed by atoms with E-state index in [9.17, 15) is 0 Å². The molecule has 0 aliphatic carbocycles. The Hall–Kier alpha value is -1.65. The van der Waals surface area contributed by atoms with Crippen molar-refractivity contribution in [2.75, 3.05) is 13.1 Å². The van der Waals surface area contributed by atoms with Crippen molar-refractivity contribution in [1.29, 1.82) is 0 Å². The fraction of sp³-hybridized carbons (Fsp3) is 0.600. The van der Waals surface area contributed by atoms with Gasteiger partial charge in [0.25, 0.3) is 0 Å². The SMILES string of the molecule is CCNC(=NCc1nncn1C)NCCCn1nc(C)cc1C.I. The molecule has 8 nitrogen and oxygen atoms in total. The van der Waals surface area contributed by atoms with Crippen molar-refractivity contribution in [1.82, 2.24) is 35.2 Å². The molecule has 134 valence electrons. The summed E-state index contributed by atoms with van der Waals surface area (Å²) in [6.07, 6.45) is 2.66. The summed E-state index contributed by atoms with van der Waals surface area (Å²) in [4.78, 5) is 4.53. The summed E-state index contributed by atoms with van der Waals surface area (Å²) in [5, 5.41) is 18.9. The lowest BCUT2D eigenvalue weighted by Crippen LogP contribution is -2.38. The maximum atomic E-state index is 4.53. The molecule has 0 spiro atoms. The number of nitrogens with zero attached hydrogens (tertiary/aromatic N) is 6. The molecule has 0 aliphatic rings. The largest absolute Gasteiger partial charge is 0.357 e. The van der Waals surface area contributed by atoms with Gasteiger partial charge < -0.3 is 15.2 Å². The van der Waals surface area contributed by atoms with Crippen LogP contribution >= 0.6 is 24.0 Å². The second-order valence-corrected chi connectivity index (χ2v) is 5.48. The van der Waals surface area contributed by atoms with Gasteiger partial charge in [-0.15, -0.1) is 34.2 Å². The number of guanidine groups is 1. The summed E-state index contributed by atoms with van der Waals surface area (Å²) < 4.78 is 3.91. The van der Waals surface area contributed by atoms with Gasteiger partial charge in [0.2, 0.25) is 0 Å². The molecule has 0 fully saturated rings. The normalized spacial score (nSPS) is 11.2. The Bertz CT molecular complexity index is 646. The van der Waals surface area contributed by atoms with E-state index in [1.807, 2.05) is 23.2 Å². The lowest BCUT2D eigenvalue weighted by atomic mass is 10.4. The van der Waals surface area contributed by atoms with E-state index in [1.165, 1.54) is 5.69 Å². The van der Waals surface area contributed by atoms with Gasteiger partial charge >= 0.3 is 0 Å². The Morgan fingerprint density at radius 2 is 2.08 bits per heavy atom. The predicted molar refractivity (Wildman–Crippen MR) is 106 cm³/mol. The summed E-state index contributed by atoms with van der Waals surface area (Å²) in [5.41, 5.74) is 2.26. The second kappa shape index (κ2) is 10.3. The lowest BCUT2D eigenvalue weighted by Gasteiger charge is -2.11. The Balaban J connectivity index is 0.00000288. The molecule has 0 aromatic carbocycles. The smallest absolute Gasteiger partial charge is 0.191 e. The Morgan fingerprint density at radius 3 is 2.67 bits per heavy atom. The maximum Gasteiger partial charge on any atom is 0.191 e. The van der Waals surface area contributed by atoms with Gasteiger partial charge in [0, 0.05) is 32.4 Å². The highest BCUT2D eigenvalue weighted by Crippen LogP contribution is 2.02. The van der Waals surface area contributed by atoms with Crippen LogP contribution in [0.3, 0.4) is 0 Å². The number of hydrogen-bond donors (Lipinski definition) is 2. The topological polar surface area (TPSA) is 85.0 Å². The molecule has 0 atom stereocenters. The number of nitrogens with one attached hydrogen (secondary N) is 2. The van der Waals surface area contributed by atoms with Crippen molar-refractivity contribution in [2.24, 2.45) is 12.0 Å². The first-order chi connectivity index (χ1) is 11.1. The van der Waals surface area contributed by atoms with Gasteiger partial charge in [0.05, 0.1) is 5.69 Å². The second-order valence-electron chi connectivity index (χ2n) is 5.48. The number of aromatic nitrogens is 5. The summed E-state index contributed by atoms with van der Waals surface area (Å²) >= 11 is 0. The van der Waals surface area contributed by atoms with E-state index in [-0.39, 0.29) is 24.0 Å². The van der Waals surface area contributed by atoms with Gasteiger partial charge in [-0.1, -0.05) is 0 Å². The van der Waals surface area contributed by atoms with Gasteiger partial charge in [-0.3, -0.25) is 4.68 Å². The minimum atomic E-state index is 0. The minimum absolute atomic E-state index is 0. The molecule has 2 rings (SSSR count). The molecule has 0 radical (unpaired) electrons. The third-order valence-electron chi connectivity index (χ3n) is 3.47. The summed E-state index contributed by atoms with van der Waals surface area (Å²) in [6.45, 7) is 9.21. The molecule has 0 amide bonds. The van der Waals surface area contributed by atoms with Crippen LogP contribution in [-0.4, -0.2) is 43.6 Å². The Kier molecular flexibility index (Phi) is 8.72. The van der Waals surface area contributed by atoms with E-state index < -0.39 is 0 Å². The Morgan fingerprint density at radius 1 is 1.29 bits per heavy atom. The molecule has 0 saturated heterocycles. The molecule has 0 saturated carbocycles. The summed E-state index contributed by atoms with van der Waals surface area (Å²) in [5.74, 6) is 1.63. The van der Waals surface area contributed by atoms with Gasteiger partial charge in [-0.2, -0.15) is 5.10 Å². The fourth-order valence-corrected chi connectivity index (χ4v) is 2.28. The van der Waals surface area contributed by atoms with Crippen molar-refractivity contribution in [2.45, 2.75) is 40.3 Å². The zero-order valence-corrected chi connectivity index (χ0v) is 17.1. The van der Waals surface area contributed by atoms with E-state index >= 15 is 0 Å². The average molecular weight is 446 g/mol. The number of aryl methyl sites for hydroxylation is 4. The van der Waals surface area contributed by atoms with Gasteiger partial charge in [-0.05, 0) is 33.3 Å². The molecule has 2 heterocycles. The van der Waals surface area contributed by atoms with Crippen LogP contribution in [0.1, 0.15) is 30.6 Å². The third-order valence-corrected chi connectivity index (χ3v) is 3.47. The predicted octanol–water partition coefficient (Wildman–Crippen LogP) is 1.39. The van der Waals surface area contributed by atoms with E-state index in [4.69, 9.17) is 0 Å². The lowest BCUT2D eigenvalue weighted by molar-refractivity contribution is 0.555. The first-order valence-corrected chi connectivity index (χ1v) is 7.96. The van der Waals surface area contributed by atoms with Crippen LogP contribution in [0.2, 0.25) is 0 Å². The van der Waals surface area contributed by atoms with Gasteiger partial charge in [-0.25, -0.2) is 4.99 Å². The zero-order valence-electron chi connectivity index (χ0n) is 14.8. The van der Waals surface area contributed by atoms with Crippen LogP contribution in [0.5, 0.6) is 0 Å². The molecule has 0 bridgehead atoms. The first kappa shape index (κ1) is 20.4. The highest BCUT2D eigenvalue weighted by Gasteiger charge is 2.03. The minimum Gasteiger partial charge on any atom is -0.357 e. The van der Waals surface area contributed by atoms with Crippen molar-refractivity contribution < 1.29 is 0 Å². The van der Waals surface area contributed by atoms with Crippen molar-refractivity contribution in [3.63, 3.8) is 0 Å². The van der Waals surface area contributed by atoms with Crippen LogP contribution in [-0.2, 0) is 20.1 Å². The average Bonchev–Trinajstić information content (AvgIpc) is 3.06. The summed E-state index contributed by atoms with van der Waals surface area (Å²) in [7, 11) is 1.92. The zero-order chi connectivity index (χ0) is 16.7. The highest BCUT2D eigenvalue weighted by molar-refractivity contribution is 14.0. The monoisotopic (exact) mass is 446 g/mol. The highest BCUT2D eigenvalue weighted by atomic mass is 127. The molecule has 24 heavy (non-hydrogen) atoms. The quantitative estimate of drug-likeness (QED) is 0.291. The Labute approximate surface area is 160 Å². The molecule has 2 aromatic heterocycles. The molecule has 9 heteroatoms. The van der Waals surface area contributed by atoms with Crippen LogP contribution in [0, 0.1) is 13.8 Å². The summed E-state index contributed by atoms with van der Waals surface area (Å²) in [6, 6.07) is 2.10. The molecule has 2 N–H and O–H groups in total. The number of rotatable bonds is 7. The van der Waals surface area contributed by atoms with Gasteiger partial charge in [0.15, 0.2) is 11.8 Å². The molecule has 0 aliphatic heterocycles. The van der Waals surface area contributed by atoms with Crippen LogP contribution in [0.4, 0.5) is 0 Å². The van der Waals surface area contributed by atoms with Crippen molar-refractivity contribution >= 4 is 29.9 Å². The van der Waals surface area contributed by atoms with Crippen LogP contribution < -0.4 is 10.6 Å². The van der Waals surface area contributed by atoms with Crippen molar-refractivity contribution in [3.8, 4) is 0 Å². The molecular formula is C15H27IN8. The van der Waals surface area contributed by atoms with Crippen LogP contribution in [0.25, 0.3) is 0 Å². The first-order valence-electron chi connectivity index (χ1n) is 7.96. The standard InChI is InChI=1S/C15H26N8.HI/c1-5-16-15(18-10-14-20-19-11-22(14)4)17-7-6-8-23-13(3)9-12(2)21-23;/h9,11H,5-8,10H2,1-4H3,(H2,16,17,18);1H. The van der Waals surface area contributed by atoms with Gasteiger partial charge in [0.1, 0.15) is 12.9 Å². The van der Waals surface area contributed by atoms with E-state index in [1.54, 1.807) is 6.33 Å². The van der Waals surface area contributed by atoms with Crippen molar-refractivity contribution in [3.05, 3.63) is 29.6 Å². The van der Waals surface area contributed by atoms with E-state index in [0.717, 1.165) is 43.5 Å². The fourth-order valence-electron chi connectivity index (χ4n) is 2.28. The molecule has 2 aromatic rings. The number of halogens is 1. The number of hydrogen-bond acceptors (Lipinski definition) is 4. The molecule has 0 unspecified atom stereocenters. The number of aliphatic imine (C=N–C) groups is 1. The molecular weight excluding hydrogens is 419 g/mol. The van der Waals surface area contributed by atoms with E-state index in [2.05, 4.69) is 50.8 Å². The maximum absolute atomic E-state index is 4.53. The van der Waals surface area contributed by atoms with Crippen LogP contribution in [0.15, 0.2) is 17.4 Å².